The minimum Gasteiger partial charge on any atom is -0.356 e. The lowest BCUT2D eigenvalue weighted by molar-refractivity contribution is -0.121. The van der Waals surface area contributed by atoms with Crippen LogP contribution in [0, 0.1) is 11.8 Å². The van der Waals surface area contributed by atoms with Crippen molar-refractivity contribution in [3.8, 4) is 0 Å². The molecule has 1 aliphatic carbocycles. The third kappa shape index (κ3) is 7.93. The van der Waals surface area contributed by atoms with Crippen molar-refractivity contribution in [3.63, 3.8) is 0 Å². The summed E-state index contributed by atoms with van der Waals surface area (Å²) in [5.74, 6) is 1.47. The number of nitrogens with two attached hydrogens (primary N) is 1. The lowest BCUT2D eigenvalue weighted by atomic mass is 9.86. The normalized spacial score (nSPS) is 17.9. The number of carbonyl (C=O) groups is 1. The van der Waals surface area contributed by atoms with Gasteiger partial charge in [-0.1, -0.05) is 39.0 Å². The summed E-state index contributed by atoms with van der Waals surface area (Å²) in [6, 6.07) is 0. The highest BCUT2D eigenvalue weighted by Gasteiger charge is 2.13. The topological polar surface area (TPSA) is 55.1 Å². The maximum atomic E-state index is 11.6. The molecule has 0 aromatic heterocycles. The maximum Gasteiger partial charge on any atom is 0.220 e. The van der Waals surface area contributed by atoms with Gasteiger partial charge in [0.2, 0.25) is 5.91 Å². The first-order valence-corrected chi connectivity index (χ1v) is 7.19. The zero-order valence-electron chi connectivity index (χ0n) is 11.6. The maximum absolute atomic E-state index is 11.6. The van der Waals surface area contributed by atoms with Crippen LogP contribution in [0.4, 0.5) is 0 Å². The van der Waals surface area contributed by atoms with Crippen LogP contribution in [0.1, 0.15) is 58.3 Å². The van der Waals surface area contributed by atoms with E-state index in [1.807, 2.05) is 0 Å². The summed E-state index contributed by atoms with van der Waals surface area (Å²) >= 11 is 0. The molecule has 108 valence electrons. The lowest BCUT2D eigenvalue weighted by Gasteiger charge is -2.21. The fourth-order valence-electron chi connectivity index (χ4n) is 2.49. The van der Waals surface area contributed by atoms with Crippen molar-refractivity contribution in [1.29, 1.82) is 0 Å². The Morgan fingerprint density at radius 1 is 1.33 bits per heavy atom. The minimum atomic E-state index is 0. The van der Waals surface area contributed by atoms with Gasteiger partial charge in [-0.15, -0.1) is 12.4 Å². The zero-order chi connectivity index (χ0) is 12.5. The molecular formula is C14H29ClN2O. The van der Waals surface area contributed by atoms with Gasteiger partial charge in [0.15, 0.2) is 0 Å². The third-order valence-electron chi connectivity index (χ3n) is 3.79. The summed E-state index contributed by atoms with van der Waals surface area (Å²) in [4.78, 5) is 11.6. The fraction of sp³-hybridized carbons (Fsp3) is 0.929. The quantitative estimate of drug-likeness (QED) is 0.751. The highest BCUT2D eigenvalue weighted by atomic mass is 35.5. The Morgan fingerprint density at radius 2 is 2.00 bits per heavy atom. The molecule has 3 N–H and O–H groups in total. The van der Waals surface area contributed by atoms with Crippen LogP contribution in [0.25, 0.3) is 0 Å². The van der Waals surface area contributed by atoms with Gasteiger partial charge in [-0.3, -0.25) is 4.79 Å². The highest BCUT2D eigenvalue weighted by molar-refractivity contribution is 5.85. The molecule has 0 aromatic rings. The minimum absolute atomic E-state index is 0. The van der Waals surface area contributed by atoms with Gasteiger partial charge in [-0.25, -0.2) is 0 Å². The average Bonchev–Trinajstić information content (AvgIpc) is 2.37. The number of hydrogen-bond donors (Lipinski definition) is 2. The molecule has 0 aliphatic heterocycles. The molecule has 0 heterocycles. The highest BCUT2D eigenvalue weighted by Crippen LogP contribution is 2.27. The molecule has 18 heavy (non-hydrogen) atoms. The number of halogens is 1. The summed E-state index contributed by atoms with van der Waals surface area (Å²) < 4.78 is 0. The number of amides is 1. The molecule has 0 bridgehead atoms. The molecule has 0 aromatic carbocycles. The second-order valence-corrected chi connectivity index (χ2v) is 5.54. The largest absolute Gasteiger partial charge is 0.356 e. The molecule has 3 nitrogen and oxygen atoms in total. The van der Waals surface area contributed by atoms with Gasteiger partial charge in [-0.05, 0) is 31.2 Å². The van der Waals surface area contributed by atoms with Gasteiger partial charge in [0.05, 0.1) is 0 Å². The van der Waals surface area contributed by atoms with E-state index in [-0.39, 0.29) is 18.3 Å². The van der Waals surface area contributed by atoms with E-state index >= 15 is 0 Å². The molecule has 0 saturated heterocycles. The summed E-state index contributed by atoms with van der Waals surface area (Å²) in [6.45, 7) is 3.42. The molecule has 1 fully saturated rings. The first-order valence-electron chi connectivity index (χ1n) is 7.19. The molecule has 1 atom stereocenters. The SMILES string of the molecule is CC(CN)CNC(=O)CCCC1CCCCC1.Cl. The first kappa shape index (κ1) is 17.7. The van der Waals surface area contributed by atoms with Crippen molar-refractivity contribution in [2.75, 3.05) is 13.1 Å². The standard InChI is InChI=1S/C14H28N2O.ClH/c1-12(10-15)11-16-14(17)9-5-8-13-6-3-2-4-7-13;/h12-13H,2-11,15H2,1H3,(H,16,17);1H. The zero-order valence-corrected chi connectivity index (χ0v) is 12.4. The summed E-state index contributed by atoms with van der Waals surface area (Å²) in [7, 11) is 0. The van der Waals surface area contributed by atoms with Crippen molar-refractivity contribution in [1.82, 2.24) is 5.32 Å². The molecule has 1 amide bonds. The molecule has 1 saturated carbocycles. The predicted molar refractivity (Wildman–Crippen MR) is 78.9 cm³/mol. The number of hydrogen-bond acceptors (Lipinski definition) is 2. The Morgan fingerprint density at radius 3 is 2.61 bits per heavy atom. The van der Waals surface area contributed by atoms with E-state index < -0.39 is 0 Å². The van der Waals surface area contributed by atoms with Crippen molar-refractivity contribution in [2.45, 2.75) is 58.3 Å². The predicted octanol–water partition coefficient (Wildman–Crippen LogP) is 2.87. The van der Waals surface area contributed by atoms with Gasteiger partial charge in [0.1, 0.15) is 0 Å². The van der Waals surface area contributed by atoms with E-state index in [2.05, 4.69) is 12.2 Å². The van der Waals surface area contributed by atoms with Crippen molar-refractivity contribution >= 4 is 18.3 Å². The average molecular weight is 277 g/mol. The van der Waals surface area contributed by atoms with Crippen LogP contribution in [-0.4, -0.2) is 19.0 Å². The van der Waals surface area contributed by atoms with E-state index in [1.165, 1.54) is 38.5 Å². The lowest BCUT2D eigenvalue weighted by Crippen LogP contribution is -2.31. The second kappa shape index (κ2) is 10.6. The van der Waals surface area contributed by atoms with Gasteiger partial charge < -0.3 is 11.1 Å². The monoisotopic (exact) mass is 276 g/mol. The molecule has 1 rings (SSSR count). The summed E-state index contributed by atoms with van der Waals surface area (Å²) in [5, 5.41) is 2.95. The Balaban J connectivity index is 0.00000289. The smallest absolute Gasteiger partial charge is 0.220 e. The Labute approximate surface area is 118 Å². The Bertz CT molecular complexity index is 218. The van der Waals surface area contributed by atoms with Crippen LogP contribution in [0.5, 0.6) is 0 Å². The van der Waals surface area contributed by atoms with Crippen LogP contribution < -0.4 is 11.1 Å². The molecule has 1 aliphatic rings. The summed E-state index contributed by atoms with van der Waals surface area (Å²) in [6.07, 6.45) is 9.93. The van der Waals surface area contributed by atoms with E-state index in [9.17, 15) is 4.79 Å². The van der Waals surface area contributed by atoms with Gasteiger partial charge in [-0.2, -0.15) is 0 Å². The molecule has 4 heteroatoms. The van der Waals surface area contributed by atoms with Crippen LogP contribution >= 0.6 is 12.4 Å². The van der Waals surface area contributed by atoms with Crippen LogP contribution in [-0.2, 0) is 4.79 Å². The second-order valence-electron chi connectivity index (χ2n) is 5.54. The van der Waals surface area contributed by atoms with Gasteiger partial charge in [0, 0.05) is 13.0 Å². The van der Waals surface area contributed by atoms with E-state index in [4.69, 9.17) is 5.73 Å². The number of rotatable bonds is 7. The molecule has 0 spiro atoms. The third-order valence-corrected chi connectivity index (χ3v) is 3.79. The van der Waals surface area contributed by atoms with Crippen molar-refractivity contribution in [3.05, 3.63) is 0 Å². The molecular weight excluding hydrogens is 248 g/mol. The van der Waals surface area contributed by atoms with Crippen molar-refractivity contribution < 1.29 is 4.79 Å². The van der Waals surface area contributed by atoms with E-state index in [0.29, 0.717) is 18.9 Å². The van der Waals surface area contributed by atoms with Gasteiger partial charge in [0.25, 0.3) is 0 Å². The van der Waals surface area contributed by atoms with E-state index in [0.717, 1.165) is 18.9 Å². The first-order chi connectivity index (χ1) is 8.22. The summed E-state index contributed by atoms with van der Waals surface area (Å²) in [5.41, 5.74) is 5.50. The van der Waals surface area contributed by atoms with Crippen molar-refractivity contribution in [2.24, 2.45) is 17.6 Å². The number of nitrogens with one attached hydrogen (secondary N) is 1. The number of carbonyl (C=O) groups excluding carboxylic acids is 1. The van der Waals surface area contributed by atoms with E-state index in [1.54, 1.807) is 0 Å². The molecule has 0 radical (unpaired) electrons. The van der Waals surface area contributed by atoms with Gasteiger partial charge >= 0.3 is 0 Å². The van der Waals surface area contributed by atoms with Crippen LogP contribution in [0.15, 0.2) is 0 Å². The van der Waals surface area contributed by atoms with Crippen LogP contribution in [0.3, 0.4) is 0 Å². The fourth-order valence-corrected chi connectivity index (χ4v) is 2.49. The Hall–Kier alpha value is -0.280. The molecule has 1 unspecified atom stereocenters. The Kier molecular flexibility index (Phi) is 10.5. The van der Waals surface area contributed by atoms with Crippen LogP contribution in [0.2, 0.25) is 0 Å².